The Morgan fingerprint density at radius 2 is 1.79 bits per heavy atom. The lowest BCUT2D eigenvalue weighted by atomic mass is 10.2. The van der Waals surface area contributed by atoms with E-state index in [9.17, 15) is 9.18 Å². The summed E-state index contributed by atoms with van der Waals surface area (Å²) in [7, 11) is 0. The number of ether oxygens (including phenoxy) is 1. The molecule has 4 heteroatoms. The van der Waals surface area contributed by atoms with Crippen molar-refractivity contribution >= 4 is 12.0 Å². The molecule has 0 bridgehead atoms. The summed E-state index contributed by atoms with van der Waals surface area (Å²) in [6, 6.07) is 12.8. The molecule has 0 aliphatic rings. The average molecular weight is 258 g/mol. The Morgan fingerprint density at radius 1 is 1.11 bits per heavy atom. The van der Waals surface area contributed by atoms with Gasteiger partial charge >= 0.3 is 5.97 Å². The van der Waals surface area contributed by atoms with Crippen LogP contribution in [0, 0.1) is 5.82 Å². The number of hydrogen-bond donors (Lipinski definition) is 1. The maximum absolute atomic E-state index is 13.4. The van der Waals surface area contributed by atoms with Gasteiger partial charge in [-0.2, -0.15) is 0 Å². The van der Waals surface area contributed by atoms with E-state index in [1.165, 1.54) is 18.2 Å². The molecule has 0 saturated heterocycles. The number of halogens is 1. The summed E-state index contributed by atoms with van der Waals surface area (Å²) in [5.74, 6) is -0.807. The Balaban J connectivity index is 2.11. The monoisotopic (exact) mass is 258 g/mol. The van der Waals surface area contributed by atoms with Crippen molar-refractivity contribution in [2.24, 2.45) is 0 Å². The van der Waals surface area contributed by atoms with Gasteiger partial charge in [-0.1, -0.05) is 24.3 Å². The minimum absolute atomic E-state index is 0.149. The number of benzene rings is 2. The molecule has 0 aromatic heterocycles. The highest BCUT2D eigenvalue weighted by Crippen LogP contribution is 2.24. The van der Waals surface area contributed by atoms with Crippen molar-refractivity contribution in [1.82, 2.24) is 0 Å². The summed E-state index contributed by atoms with van der Waals surface area (Å²) in [5.41, 5.74) is 0.725. The quantitative estimate of drug-likeness (QED) is 0.850. The fourth-order valence-electron chi connectivity index (χ4n) is 1.47. The zero-order valence-electron chi connectivity index (χ0n) is 9.92. The van der Waals surface area contributed by atoms with Gasteiger partial charge in [0.15, 0.2) is 11.6 Å². The molecule has 1 N–H and O–H groups in total. The van der Waals surface area contributed by atoms with Crippen molar-refractivity contribution in [3.8, 4) is 11.5 Å². The first kappa shape index (κ1) is 12.8. The van der Waals surface area contributed by atoms with E-state index in [0.29, 0.717) is 5.75 Å². The van der Waals surface area contributed by atoms with E-state index in [2.05, 4.69) is 0 Å². The van der Waals surface area contributed by atoms with Crippen LogP contribution >= 0.6 is 0 Å². The van der Waals surface area contributed by atoms with Crippen molar-refractivity contribution < 1.29 is 19.0 Å². The second kappa shape index (κ2) is 5.82. The van der Waals surface area contributed by atoms with Crippen LogP contribution in [-0.4, -0.2) is 11.1 Å². The fraction of sp³-hybridized carbons (Fsp3) is 0. The normalized spacial score (nSPS) is 10.6. The highest BCUT2D eigenvalue weighted by molar-refractivity contribution is 5.85. The van der Waals surface area contributed by atoms with Crippen molar-refractivity contribution in [3.05, 3.63) is 66.0 Å². The maximum atomic E-state index is 13.4. The largest absolute Gasteiger partial charge is 0.478 e. The van der Waals surface area contributed by atoms with E-state index >= 15 is 0 Å². The van der Waals surface area contributed by atoms with Crippen molar-refractivity contribution in [2.75, 3.05) is 0 Å². The van der Waals surface area contributed by atoms with Crippen LogP contribution in [0.1, 0.15) is 5.56 Å². The molecule has 0 unspecified atom stereocenters. The third-order valence-electron chi connectivity index (χ3n) is 2.36. The lowest BCUT2D eigenvalue weighted by Crippen LogP contribution is -1.88. The van der Waals surface area contributed by atoms with E-state index in [4.69, 9.17) is 9.84 Å². The second-order valence-corrected chi connectivity index (χ2v) is 3.77. The number of carboxylic acids is 1. The molecule has 0 atom stereocenters. The highest BCUT2D eigenvalue weighted by Gasteiger charge is 2.02. The number of carbonyl (C=O) groups is 1. The highest BCUT2D eigenvalue weighted by atomic mass is 19.1. The van der Waals surface area contributed by atoms with Crippen LogP contribution in [0.2, 0.25) is 0 Å². The molecule has 96 valence electrons. The molecule has 0 aliphatic carbocycles. The SMILES string of the molecule is O=C(O)/C=C/c1ccc(Oc2ccccc2F)cc1. The first-order valence-electron chi connectivity index (χ1n) is 5.58. The van der Waals surface area contributed by atoms with Crippen LogP contribution in [0.5, 0.6) is 11.5 Å². The molecule has 3 nitrogen and oxygen atoms in total. The predicted octanol–water partition coefficient (Wildman–Crippen LogP) is 3.72. The van der Waals surface area contributed by atoms with Gasteiger partial charge < -0.3 is 9.84 Å². The number of hydrogen-bond acceptors (Lipinski definition) is 2. The smallest absolute Gasteiger partial charge is 0.328 e. The van der Waals surface area contributed by atoms with Crippen LogP contribution in [0.15, 0.2) is 54.6 Å². The van der Waals surface area contributed by atoms with Gasteiger partial charge in [0.25, 0.3) is 0 Å². The zero-order chi connectivity index (χ0) is 13.7. The minimum atomic E-state index is -1.01. The van der Waals surface area contributed by atoms with Gasteiger partial charge in [0.05, 0.1) is 0 Å². The molecule has 2 rings (SSSR count). The maximum Gasteiger partial charge on any atom is 0.328 e. The lowest BCUT2D eigenvalue weighted by Gasteiger charge is -2.06. The third-order valence-corrected chi connectivity index (χ3v) is 2.36. The summed E-state index contributed by atoms with van der Waals surface area (Å²) in [4.78, 5) is 10.4. The first-order valence-corrected chi connectivity index (χ1v) is 5.58. The van der Waals surface area contributed by atoms with E-state index in [-0.39, 0.29) is 5.75 Å². The van der Waals surface area contributed by atoms with Crippen LogP contribution in [0.25, 0.3) is 6.08 Å². The Morgan fingerprint density at radius 3 is 2.42 bits per heavy atom. The number of carboxylic acid groups (broad SMARTS) is 1. The van der Waals surface area contributed by atoms with Crippen LogP contribution in [0.3, 0.4) is 0 Å². The summed E-state index contributed by atoms with van der Waals surface area (Å²) in [6.45, 7) is 0. The van der Waals surface area contributed by atoms with Gasteiger partial charge in [-0.25, -0.2) is 9.18 Å². The van der Waals surface area contributed by atoms with Gasteiger partial charge in [0.1, 0.15) is 5.75 Å². The molecule has 19 heavy (non-hydrogen) atoms. The van der Waals surface area contributed by atoms with Crippen molar-refractivity contribution in [1.29, 1.82) is 0 Å². The van der Waals surface area contributed by atoms with E-state index < -0.39 is 11.8 Å². The molecule has 0 heterocycles. The lowest BCUT2D eigenvalue weighted by molar-refractivity contribution is -0.131. The third kappa shape index (κ3) is 3.67. The Bertz CT molecular complexity index is 603. The van der Waals surface area contributed by atoms with E-state index in [0.717, 1.165) is 11.6 Å². The number of para-hydroxylation sites is 1. The molecule has 0 spiro atoms. The molecule has 2 aromatic carbocycles. The summed E-state index contributed by atoms with van der Waals surface area (Å²) >= 11 is 0. The van der Waals surface area contributed by atoms with Gasteiger partial charge in [-0.3, -0.25) is 0 Å². The van der Waals surface area contributed by atoms with Gasteiger partial charge in [-0.15, -0.1) is 0 Å². The zero-order valence-corrected chi connectivity index (χ0v) is 9.92. The number of rotatable bonds is 4. The van der Waals surface area contributed by atoms with Crippen LogP contribution in [-0.2, 0) is 4.79 Å². The molecule has 0 aliphatic heterocycles. The van der Waals surface area contributed by atoms with Crippen molar-refractivity contribution in [2.45, 2.75) is 0 Å². The predicted molar refractivity (Wildman–Crippen MR) is 69.6 cm³/mol. The van der Waals surface area contributed by atoms with Crippen LogP contribution < -0.4 is 4.74 Å². The molecular formula is C15H11FO3. The standard InChI is InChI=1S/C15H11FO3/c16-13-3-1-2-4-14(13)19-12-8-5-11(6-9-12)7-10-15(17)18/h1-10H,(H,17,18)/b10-7+. The average Bonchev–Trinajstić information content (AvgIpc) is 2.40. The molecule has 0 saturated carbocycles. The molecule has 0 fully saturated rings. The Kier molecular flexibility index (Phi) is 3.93. The van der Waals surface area contributed by atoms with E-state index in [1.807, 2.05) is 0 Å². The summed E-state index contributed by atoms with van der Waals surface area (Å²) in [5, 5.41) is 8.50. The molecule has 0 radical (unpaired) electrons. The first-order chi connectivity index (χ1) is 9.15. The minimum Gasteiger partial charge on any atom is -0.478 e. The van der Waals surface area contributed by atoms with Gasteiger partial charge in [-0.05, 0) is 35.9 Å². The number of aliphatic carboxylic acids is 1. The summed E-state index contributed by atoms with van der Waals surface area (Å²) in [6.07, 6.45) is 2.52. The molecular weight excluding hydrogens is 247 g/mol. The van der Waals surface area contributed by atoms with E-state index in [1.54, 1.807) is 36.4 Å². The Hall–Kier alpha value is -2.62. The van der Waals surface area contributed by atoms with Crippen molar-refractivity contribution in [3.63, 3.8) is 0 Å². The van der Waals surface area contributed by atoms with Crippen LogP contribution in [0.4, 0.5) is 4.39 Å². The second-order valence-electron chi connectivity index (χ2n) is 3.77. The fourth-order valence-corrected chi connectivity index (χ4v) is 1.47. The Labute approximate surface area is 109 Å². The van der Waals surface area contributed by atoms with Gasteiger partial charge in [0, 0.05) is 6.08 Å². The molecule has 2 aromatic rings. The molecule has 0 amide bonds. The topological polar surface area (TPSA) is 46.5 Å². The van der Waals surface area contributed by atoms with Gasteiger partial charge in [0.2, 0.25) is 0 Å². The summed E-state index contributed by atoms with van der Waals surface area (Å²) < 4.78 is 18.7.